The maximum Gasteiger partial charge on any atom is 0.191 e. The molecular formula is C17H22N4. The van der Waals surface area contributed by atoms with Crippen LogP contribution in [0.4, 0.5) is 0 Å². The number of nitrogens with one attached hydrogen (secondary N) is 2. The van der Waals surface area contributed by atoms with Crippen molar-refractivity contribution in [3.05, 3.63) is 42.1 Å². The van der Waals surface area contributed by atoms with Gasteiger partial charge in [-0.1, -0.05) is 24.3 Å². The van der Waals surface area contributed by atoms with Crippen LogP contribution in [-0.2, 0) is 6.42 Å². The normalized spacial score (nSPS) is 15.2. The van der Waals surface area contributed by atoms with Crippen molar-refractivity contribution in [3.8, 4) is 0 Å². The highest BCUT2D eigenvalue weighted by atomic mass is 15.2. The van der Waals surface area contributed by atoms with Gasteiger partial charge in [0.2, 0.25) is 0 Å². The third kappa shape index (κ3) is 3.72. The van der Waals surface area contributed by atoms with E-state index in [-0.39, 0.29) is 0 Å². The topological polar surface area (TPSA) is 49.3 Å². The molecule has 4 heteroatoms. The maximum atomic E-state index is 4.66. The fourth-order valence-electron chi connectivity index (χ4n) is 2.40. The van der Waals surface area contributed by atoms with E-state index in [9.17, 15) is 0 Å². The Balaban J connectivity index is 1.67. The Morgan fingerprint density at radius 2 is 2.14 bits per heavy atom. The summed E-state index contributed by atoms with van der Waals surface area (Å²) in [6.07, 6.45) is 5.29. The first-order valence-corrected chi connectivity index (χ1v) is 7.74. The molecule has 110 valence electrons. The zero-order valence-electron chi connectivity index (χ0n) is 12.5. The zero-order valence-corrected chi connectivity index (χ0v) is 12.5. The summed E-state index contributed by atoms with van der Waals surface area (Å²) in [5.41, 5.74) is 2.36. The van der Waals surface area contributed by atoms with Gasteiger partial charge in [0.1, 0.15) is 0 Å². The van der Waals surface area contributed by atoms with Gasteiger partial charge in [-0.25, -0.2) is 0 Å². The molecule has 0 saturated heterocycles. The molecule has 0 spiro atoms. The predicted molar refractivity (Wildman–Crippen MR) is 87.6 cm³/mol. The number of para-hydroxylation sites is 1. The Morgan fingerprint density at radius 1 is 1.29 bits per heavy atom. The monoisotopic (exact) mass is 282 g/mol. The van der Waals surface area contributed by atoms with Gasteiger partial charge in [0.25, 0.3) is 0 Å². The smallest absolute Gasteiger partial charge is 0.191 e. The van der Waals surface area contributed by atoms with Crippen molar-refractivity contribution in [2.24, 2.45) is 4.99 Å². The van der Waals surface area contributed by atoms with Crippen LogP contribution in [0.25, 0.3) is 10.9 Å². The van der Waals surface area contributed by atoms with Gasteiger partial charge in [0.05, 0.1) is 5.52 Å². The van der Waals surface area contributed by atoms with E-state index in [2.05, 4.69) is 51.8 Å². The number of benzene rings is 1. The molecule has 0 radical (unpaired) electrons. The van der Waals surface area contributed by atoms with Crippen LogP contribution in [0.5, 0.6) is 0 Å². The second-order valence-electron chi connectivity index (χ2n) is 5.42. The Labute approximate surface area is 125 Å². The molecule has 4 nitrogen and oxygen atoms in total. The van der Waals surface area contributed by atoms with Crippen molar-refractivity contribution in [3.63, 3.8) is 0 Å². The van der Waals surface area contributed by atoms with Crippen molar-refractivity contribution in [2.75, 3.05) is 13.1 Å². The van der Waals surface area contributed by atoms with Gasteiger partial charge in [0, 0.05) is 30.7 Å². The predicted octanol–water partition coefficient (Wildman–Crippen LogP) is 2.49. The Bertz CT molecular complexity index is 626. The highest BCUT2D eigenvalue weighted by molar-refractivity contribution is 5.82. The second-order valence-corrected chi connectivity index (χ2v) is 5.42. The van der Waals surface area contributed by atoms with E-state index in [0.717, 1.165) is 31.0 Å². The van der Waals surface area contributed by atoms with Crippen molar-refractivity contribution in [2.45, 2.75) is 32.2 Å². The van der Waals surface area contributed by atoms with E-state index in [4.69, 9.17) is 0 Å². The number of hydrogen-bond acceptors (Lipinski definition) is 2. The minimum Gasteiger partial charge on any atom is -0.357 e. The SMILES string of the molecule is CCNC(=NCCc1cccc2cccnc12)NC1CC1. The van der Waals surface area contributed by atoms with Crippen LogP contribution in [0.1, 0.15) is 25.3 Å². The molecule has 1 heterocycles. The Kier molecular flexibility index (Phi) is 4.34. The lowest BCUT2D eigenvalue weighted by atomic mass is 10.1. The number of hydrogen-bond donors (Lipinski definition) is 2. The van der Waals surface area contributed by atoms with Crippen molar-refractivity contribution in [1.82, 2.24) is 15.6 Å². The van der Waals surface area contributed by atoms with Gasteiger partial charge < -0.3 is 10.6 Å². The molecule has 3 rings (SSSR count). The second kappa shape index (κ2) is 6.57. The number of guanidine groups is 1. The van der Waals surface area contributed by atoms with Crippen molar-refractivity contribution in [1.29, 1.82) is 0 Å². The zero-order chi connectivity index (χ0) is 14.5. The van der Waals surface area contributed by atoms with Crippen molar-refractivity contribution >= 4 is 16.9 Å². The molecule has 0 unspecified atom stereocenters. The van der Waals surface area contributed by atoms with E-state index in [0.29, 0.717) is 6.04 Å². The summed E-state index contributed by atoms with van der Waals surface area (Å²) in [7, 11) is 0. The highest BCUT2D eigenvalue weighted by Gasteiger charge is 2.21. The standard InChI is InChI=1S/C17H22N4/c1-2-18-17(21-15-8-9-15)20-12-10-14-6-3-5-13-7-4-11-19-16(13)14/h3-7,11,15H,2,8-10,12H2,1H3,(H2,18,20,21). The molecule has 2 aromatic rings. The minimum atomic E-state index is 0.627. The maximum absolute atomic E-state index is 4.66. The Morgan fingerprint density at radius 3 is 2.95 bits per heavy atom. The molecule has 1 aliphatic rings. The molecule has 21 heavy (non-hydrogen) atoms. The van der Waals surface area contributed by atoms with Gasteiger partial charge in [-0.05, 0) is 37.8 Å². The lowest BCUT2D eigenvalue weighted by molar-refractivity contribution is 0.808. The first-order chi connectivity index (χ1) is 10.4. The summed E-state index contributed by atoms with van der Waals surface area (Å²) in [4.78, 5) is 9.16. The largest absolute Gasteiger partial charge is 0.357 e. The molecule has 0 atom stereocenters. The molecule has 0 aliphatic heterocycles. The van der Waals surface area contributed by atoms with Crippen LogP contribution in [0.2, 0.25) is 0 Å². The van der Waals surface area contributed by atoms with Crippen LogP contribution < -0.4 is 10.6 Å². The first kappa shape index (κ1) is 13.9. The average molecular weight is 282 g/mol. The first-order valence-electron chi connectivity index (χ1n) is 7.74. The molecule has 1 aromatic heterocycles. The number of rotatable bonds is 5. The summed E-state index contributed by atoms with van der Waals surface area (Å²) in [6, 6.07) is 11.1. The lowest BCUT2D eigenvalue weighted by Gasteiger charge is -2.10. The molecule has 0 amide bonds. The average Bonchev–Trinajstić information content (AvgIpc) is 3.32. The van der Waals surface area contributed by atoms with Crippen LogP contribution in [-0.4, -0.2) is 30.1 Å². The minimum absolute atomic E-state index is 0.627. The third-order valence-corrected chi connectivity index (χ3v) is 3.63. The summed E-state index contributed by atoms with van der Waals surface area (Å²) in [6.45, 7) is 3.77. The Hall–Kier alpha value is -2.10. The van der Waals surface area contributed by atoms with Crippen molar-refractivity contribution < 1.29 is 0 Å². The molecule has 1 saturated carbocycles. The van der Waals surface area contributed by atoms with E-state index in [1.54, 1.807) is 0 Å². The van der Waals surface area contributed by atoms with E-state index >= 15 is 0 Å². The molecule has 0 bridgehead atoms. The fraction of sp³-hybridized carbons (Fsp3) is 0.412. The third-order valence-electron chi connectivity index (χ3n) is 3.63. The highest BCUT2D eigenvalue weighted by Crippen LogP contribution is 2.18. The van der Waals surface area contributed by atoms with Crippen LogP contribution >= 0.6 is 0 Å². The van der Waals surface area contributed by atoms with Gasteiger partial charge in [-0.2, -0.15) is 0 Å². The molecule has 1 fully saturated rings. The van der Waals surface area contributed by atoms with Crippen LogP contribution in [0.3, 0.4) is 0 Å². The fourth-order valence-corrected chi connectivity index (χ4v) is 2.40. The van der Waals surface area contributed by atoms with Gasteiger partial charge in [-0.3, -0.25) is 9.98 Å². The summed E-state index contributed by atoms with van der Waals surface area (Å²) >= 11 is 0. The summed E-state index contributed by atoms with van der Waals surface area (Å²) in [5, 5.41) is 7.94. The van der Waals surface area contributed by atoms with Crippen LogP contribution in [0, 0.1) is 0 Å². The number of fused-ring (bicyclic) bond motifs is 1. The van der Waals surface area contributed by atoms with Gasteiger partial charge in [-0.15, -0.1) is 0 Å². The van der Waals surface area contributed by atoms with Gasteiger partial charge in [0.15, 0.2) is 5.96 Å². The van der Waals surface area contributed by atoms with E-state index in [1.165, 1.54) is 23.8 Å². The molecule has 2 N–H and O–H groups in total. The number of aromatic nitrogens is 1. The quantitative estimate of drug-likeness (QED) is 0.654. The van der Waals surface area contributed by atoms with E-state index in [1.807, 2.05) is 12.3 Å². The molecule has 1 aliphatic carbocycles. The summed E-state index contributed by atoms with van der Waals surface area (Å²) in [5.74, 6) is 0.938. The van der Waals surface area contributed by atoms with Crippen LogP contribution in [0.15, 0.2) is 41.5 Å². The molecule has 1 aromatic carbocycles. The number of nitrogens with zero attached hydrogens (tertiary/aromatic N) is 2. The summed E-state index contributed by atoms with van der Waals surface area (Å²) < 4.78 is 0. The molecular weight excluding hydrogens is 260 g/mol. The van der Waals surface area contributed by atoms with Gasteiger partial charge >= 0.3 is 0 Å². The van der Waals surface area contributed by atoms with E-state index < -0.39 is 0 Å². The number of aliphatic imine (C=N–C) groups is 1. The lowest BCUT2D eigenvalue weighted by Crippen LogP contribution is -2.38. The number of pyridine rings is 1.